The quantitative estimate of drug-likeness (QED) is 0.646. The topological polar surface area (TPSA) is 38.9 Å². The van der Waals surface area contributed by atoms with Gasteiger partial charge in [0.25, 0.3) is 0 Å². The van der Waals surface area contributed by atoms with Crippen molar-refractivity contribution >= 4 is 50.7 Å². The number of aromatic nitrogens is 1. The van der Waals surface area contributed by atoms with Crippen LogP contribution < -0.4 is 5.73 Å². The highest BCUT2D eigenvalue weighted by Gasteiger charge is 2.06. The molecule has 0 aliphatic heterocycles. The van der Waals surface area contributed by atoms with Crippen LogP contribution in [0.1, 0.15) is 11.3 Å². The molecule has 0 saturated carbocycles. The van der Waals surface area contributed by atoms with Crippen LogP contribution in [0.2, 0.25) is 0 Å². The second kappa shape index (κ2) is 4.02. The molecule has 15 heavy (non-hydrogen) atoms. The third-order valence-electron chi connectivity index (χ3n) is 2.16. The lowest BCUT2D eigenvalue weighted by atomic mass is 10.1. The predicted molar refractivity (Wildman–Crippen MR) is 75.1 cm³/mol. The summed E-state index contributed by atoms with van der Waals surface area (Å²) in [5.74, 6) is 0. The fourth-order valence-corrected chi connectivity index (χ4v) is 2.19. The number of thiocarbonyl (C=S) groups is 1. The van der Waals surface area contributed by atoms with Crippen molar-refractivity contribution in [1.29, 1.82) is 0 Å². The fourth-order valence-electron chi connectivity index (χ4n) is 1.53. The summed E-state index contributed by atoms with van der Waals surface area (Å²) in [5, 5.41) is 1.03. The first-order valence-corrected chi connectivity index (χ1v) is 5.93. The Morgan fingerprint density at radius 3 is 2.80 bits per heavy atom. The van der Waals surface area contributed by atoms with E-state index < -0.39 is 0 Å². The van der Waals surface area contributed by atoms with Crippen molar-refractivity contribution in [3.05, 3.63) is 39.1 Å². The molecule has 0 radical (unpaired) electrons. The normalized spacial score (nSPS) is 10.5. The number of aryl methyl sites for hydroxylation is 1. The molecule has 0 unspecified atom stereocenters. The van der Waals surface area contributed by atoms with Gasteiger partial charge >= 0.3 is 0 Å². The third kappa shape index (κ3) is 2.10. The minimum atomic E-state index is 0.424. The lowest BCUT2D eigenvalue weighted by molar-refractivity contribution is 1.25. The predicted octanol–water partition coefficient (Wildman–Crippen LogP) is 2.78. The summed E-state index contributed by atoms with van der Waals surface area (Å²) in [6.45, 7) is 1.94. The van der Waals surface area contributed by atoms with Crippen molar-refractivity contribution < 1.29 is 0 Å². The van der Waals surface area contributed by atoms with E-state index in [0.29, 0.717) is 4.99 Å². The summed E-state index contributed by atoms with van der Waals surface area (Å²) in [5.41, 5.74) is 8.49. The molecule has 76 valence electrons. The zero-order chi connectivity index (χ0) is 11.0. The van der Waals surface area contributed by atoms with Gasteiger partial charge in [0, 0.05) is 20.2 Å². The number of benzene rings is 1. The van der Waals surface area contributed by atoms with Gasteiger partial charge in [0.15, 0.2) is 0 Å². The van der Waals surface area contributed by atoms with E-state index in [0.717, 1.165) is 25.7 Å². The van der Waals surface area contributed by atoms with Crippen molar-refractivity contribution in [3.8, 4) is 0 Å². The average Bonchev–Trinajstić information content (AvgIpc) is 2.17. The largest absolute Gasteiger partial charge is 0.389 e. The number of hydrogen-bond donors (Lipinski definition) is 1. The van der Waals surface area contributed by atoms with Crippen LogP contribution in [0.15, 0.2) is 24.3 Å². The molecule has 0 atom stereocenters. The Balaban J connectivity index is 2.87. The van der Waals surface area contributed by atoms with E-state index in [1.807, 2.05) is 25.1 Å². The van der Waals surface area contributed by atoms with Crippen LogP contribution in [0.25, 0.3) is 10.9 Å². The third-order valence-corrected chi connectivity index (χ3v) is 3.06. The molecule has 0 amide bonds. The lowest BCUT2D eigenvalue weighted by Gasteiger charge is -2.06. The SMILES string of the molecule is Cc1cc(C(N)=S)c2cc(I)ccc2n1. The van der Waals surface area contributed by atoms with Crippen LogP contribution >= 0.6 is 34.8 Å². The van der Waals surface area contributed by atoms with Gasteiger partial charge in [-0.15, -0.1) is 0 Å². The van der Waals surface area contributed by atoms with E-state index in [4.69, 9.17) is 18.0 Å². The van der Waals surface area contributed by atoms with Crippen molar-refractivity contribution in [3.63, 3.8) is 0 Å². The first-order valence-electron chi connectivity index (χ1n) is 4.44. The maximum Gasteiger partial charge on any atom is 0.104 e. The monoisotopic (exact) mass is 328 g/mol. The number of fused-ring (bicyclic) bond motifs is 1. The Morgan fingerprint density at radius 2 is 2.13 bits per heavy atom. The molecule has 0 fully saturated rings. The molecule has 2 nitrogen and oxygen atoms in total. The van der Waals surface area contributed by atoms with Gasteiger partial charge in [0.05, 0.1) is 5.52 Å². The van der Waals surface area contributed by atoms with Gasteiger partial charge in [-0.05, 0) is 53.8 Å². The number of halogens is 1. The Bertz CT molecular complexity index is 552. The van der Waals surface area contributed by atoms with Gasteiger partial charge < -0.3 is 5.73 Å². The highest BCUT2D eigenvalue weighted by molar-refractivity contribution is 14.1. The first-order chi connectivity index (χ1) is 7.08. The molecule has 0 aliphatic rings. The molecule has 0 spiro atoms. The average molecular weight is 328 g/mol. The Labute approximate surface area is 107 Å². The van der Waals surface area contributed by atoms with Gasteiger partial charge in [-0.3, -0.25) is 4.98 Å². The minimum Gasteiger partial charge on any atom is -0.389 e. The van der Waals surface area contributed by atoms with Crippen LogP contribution in [-0.4, -0.2) is 9.97 Å². The molecule has 2 rings (SSSR count). The Kier molecular flexibility index (Phi) is 2.88. The number of hydrogen-bond acceptors (Lipinski definition) is 2. The van der Waals surface area contributed by atoms with Gasteiger partial charge in [0.1, 0.15) is 4.99 Å². The Morgan fingerprint density at radius 1 is 1.40 bits per heavy atom. The molecule has 2 aromatic rings. The molecule has 1 aromatic heterocycles. The van der Waals surface area contributed by atoms with E-state index in [9.17, 15) is 0 Å². The fraction of sp³-hybridized carbons (Fsp3) is 0.0909. The van der Waals surface area contributed by atoms with E-state index in [1.54, 1.807) is 0 Å². The zero-order valence-corrected chi connectivity index (χ0v) is 11.1. The first kappa shape index (κ1) is 10.8. The number of nitrogens with two attached hydrogens (primary N) is 1. The van der Waals surface area contributed by atoms with Gasteiger partial charge in [0.2, 0.25) is 0 Å². The van der Waals surface area contributed by atoms with E-state index in [-0.39, 0.29) is 0 Å². The zero-order valence-electron chi connectivity index (χ0n) is 8.12. The van der Waals surface area contributed by atoms with Crippen molar-refractivity contribution in [1.82, 2.24) is 4.98 Å². The molecule has 0 aliphatic carbocycles. The molecule has 0 saturated heterocycles. The van der Waals surface area contributed by atoms with Crippen LogP contribution in [0.4, 0.5) is 0 Å². The second-order valence-electron chi connectivity index (χ2n) is 3.34. The van der Waals surface area contributed by atoms with Crippen LogP contribution in [-0.2, 0) is 0 Å². The highest BCUT2D eigenvalue weighted by atomic mass is 127. The molecule has 1 aromatic carbocycles. The molecule has 0 bridgehead atoms. The van der Waals surface area contributed by atoms with Gasteiger partial charge in [-0.25, -0.2) is 0 Å². The number of nitrogens with zero attached hydrogens (tertiary/aromatic N) is 1. The summed E-state index contributed by atoms with van der Waals surface area (Å²) in [4.78, 5) is 4.86. The molecule has 2 N–H and O–H groups in total. The van der Waals surface area contributed by atoms with Crippen LogP contribution in [0.5, 0.6) is 0 Å². The maximum absolute atomic E-state index is 5.70. The van der Waals surface area contributed by atoms with Crippen molar-refractivity contribution in [2.45, 2.75) is 6.92 Å². The molecular formula is C11H9IN2S. The van der Waals surface area contributed by atoms with Crippen molar-refractivity contribution in [2.24, 2.45) is 5.73 Å². The van der Waals surface area contributed by atoms with E-state index in [2.05, 4.69) is 33.6 Å². The Hall–Kier alpha value is -0.750. The molecule has 1 heterocycles. The van der Waals surface area contributed by atoms with Crippen LogP contribution in [0.3, 0.4) is 0 Å². The number of pyridine rings is 1. The smallest absolute Gasteiger partial charge is 0.104 e. The van der Waals surface area contributed by atoms with E-state index >= 15 is 0 Å². The summed E-state index contributed by atoms with van der Waals surface area (Å²) in [6, 6.07) is 8.00. The van der Waals surface area contributed by atoms with E-state index in [1.165, 1.54) is 0 Å². The molecular weight excluding hydrogens is 319 g/mol. The summed E-state index contributed by atoms with van der Waals surface area (Å²) >= 11 is 7.30. The van der Waals surface area contributed by atoms with Gasteiger partial charge in [-0.1, -0.05) is 12.2 Å². The standard InChI is InChI=1S/C11H9IN2S/c1-6-4-9(11(13)15)8-5-7(12)2-3-10(8)14-6/h2-5H,1H3,(H2,13,15). The van der Waals surface area contributed by atoms with Crippen LogP contribution in [0, 0.1) is 10.5 Å². The van der Waals surface area contributed by atoms with Crippen molar-refractivity contribution in [2.75, 3.05) is 0 Å². The van der Waals surface area contributed by atoms with Gasteiger partial charge in [-0.2, -0.15) is 0 Å². The molecule has 4 heteroatoms. The number of rotatable bonds is 1. The maximum atomic E-state index is 5.70. The summed E-state index contributed by atoms with van der Waals surface area (Å²) < 4.78 is 1.16. The summed E-state index contributed by atoms with van der Waals surface area (Å²) in [7, 11) is 0. The lowest BCUT2D eigenvalue weighted by Crippen LogP contribution is -2.10. The minimum absolute atomic E-state index is 0.424. The summed E-state index contributed by atoms with van der Waals surface area (Å²) in [6.07, 6.45) is 0. The highest BCUT2D eigenvalue weighted by Crippen LogP contribution is 2.20. The second-order valence-corrected chi connectivity index (χ2v) is 5.02.